The first-order valence-electron chi connectivity index (χ1n) is 2.49. The van der Waals surface area contributed by atoms with E-state index in [-0.39, 0.29) is 0 Å². The summed E-state index contributed by atoms with van der Waals surface area (Å²) in [4.78, 5) is 0. The van der Waals surface area contributed by atoms with Crippen LogP contribution in [0, 0.1) is 0 Å². The van der Waals surface area contributed by atoms with E-state index in [0.29, 0.717) is 0 Å². The van der Waals surface area contributed by atoms with Gasteiger partial charge in [-0.1, -0.05) is 6.92 Å². The summed E-state index contributed by atoms with van der Waals surface area (Å²) in [5.41, 5.74) is 0.934. The molecule has 0 aliphatic rings. The molecule has 44 valence electrons. The predicted octanol–water partition coefficient (Wildman–Crippen LogP) is 1.37. The van der Waals surface area contributed by atoms with Gasteiger partial charge in [0, 0.05) is 6.07 Å². The summed E-state index contributed by atoms with van der Waals surface area (Å²) in [6, 6.07) is 1.80. The Kier molecular flexibility index (Phi) is 1.60. The second-order valence-corrected chi connectivity index (χ2v) is 2.52. The van der Waals surface area contributed by atoms with Gasteiger partial charge in [0.05, 0.1) is 10.9 Å². The van der Waals surface area contributed by atoms with Crippen molar-refractivity contribution >= 4 is 10.9 Å². The van der Waals surface area contributed by atoms with Crippen molar-refractivity contribution in [1.82, 2.24) is 4.37 Å². The van der Waals surface area contributed by atoms with E-state index in [4.69, 9.17) is 0 Å². The number of hydrogen-bond acceptors (Lipinski definition) is 2. The van der Waals surface area contributed by atoms with Gasteiger partial charge >= 0.3 is 0 Å². The molecule has 1 aromatic heterocycles. The third-order valence-electron chi connectivity index (χ3n) is 0.946. The van der Waals surface area contributed by atoms with Crippen LogP contribution in [0.2, 0.25) is 0 Å². The molecule has 0 aliphatic carbocycles. The molecule has 1 unspecified atom stereocenters. The maximum atomic E-state index is 10.4. The zero-order chi connectivity index (χ0) is 5.98. The smallest absolute Gasteiger partial charge is 0.163 e. The second kappa shape index (κ2) is 2.24. The van der Waals surface area contributed by atoms with Gasteiger partial charge in [-0.2, -0.15) is 0 Å². The molecule has 0 saturated heterocycles. The molecule has 0 aromatic carbocycles. The van der Waals surface area contributed by atoms with E-state index in [1.165, 1.54) is 0 Å². The molecule has 0 fully saturated rings. The number of rotatable bonds is 1. The van der Waals surface area contributed by atoms with Crippen LogP contribution < -0.4 is 0 Å². The number of aromatic nitrogens is 1. The van der Waals surface area contributed by atoms with E-state index < -0.39 is 10.9 Å². The van der Waals surface area contributed by atoms with E-state index in [9.17, 15) is 4.55 Å². The molecule has 1 heterocycles. The lowest BCUT2D eigenvalue weighted by atomic mass is 10.4. The molecule has 1 atom stereocenters. The Bertz CT molecular complexity index is 173. The quantitative estimate of drug-likeness (QED) is 0.537. The van der Waals surface area contributed by atoms with Crippen LogP contribution in [-0.2, 0) is 6.42 Å². The van der Waals surface area contributed by atoms with Gasteiger partial charge in [-0.3, -0.25) is 0 Å². The van der Waals surface area contributed by atoms with Gasteiger partial charge in [0.15, 0.2) is 5.38 Å². The van der Waals surface area contributed by atoms with E-state index in [2.05, 4.69) is 4.37 Å². The first-order valence-corrected chi connectivity index (χ1v) is 3.66. The molecule has 0 amide bonds. The Morgan fingerprint density at radius 2 is 2.62 bits per heavy atom. The van der Waals surface area contributed by atoms with Gasteiger partial charge in [0.2, 0.25) is 0 Å². The molecular formula is C5H7NOS. The molecule has 1 aromatic rings. The third kappa shape index (κ3) is 1.05. The average Bonchev–Trinajstić information content (AvgIpc) is 2.14. The molecule has 0 aliphatic heterocycles. The molecule has 0 saturated carbocycles. The first kappa shape index (κ1) is 5.72. The minimum absolute atomic E-state index is 0.877. The molecule has 8 heavy (non-hydrogen) atoms. The van der Waals surface area contributed by atoms with Gasteiger partial charge in [-0.25, -0.2) is 0 Å². The molecule has 3 heteroatoms. The number of aryl methyl sites for hydroxylation is 1. The molecule has 0 bridgehead atoms. The molecule has 0 radical (unpaired) electrons. The van der Waals surface area contributed by atoms with Crippen LogP contribution in [0.5, 0.6) is 0 Å². The molecular weight excluding hydrogens is 122 g/mol. The fraction of sp³-hybridized carbons (Fsp3) is 0.400. The van der Waals surface area contributed by atoms with Gasteiger partial charge in [-0.05, 0) is 10.8 Å². The van der Waals surface area contributed by atoms with E-state index in [0.717, 1.165) is 12.1 Å². The SMILES string of the molecule is CCc1cc[s+]([O-])n1. The molecule has 0 spiro atoms. The van der Waals surface area contributed by atoms with Crippen LogP contribution in [0.3, 0.4) is 0 Å². The normalized spacial score (nSPS) is 12.0. The summed E-state index contributed by atoms with van der Waals surface area (Å²) in [5.74, 6) is 0. The van der Waals surface area contributed by atoms with Crippen molar-refractivity contribution in [3.63, 3.8) is 0 Å². The lowest BCUT2D eigenvalue weighted by molar-refractivity contribution is 0.591. The maximum Gasteiger partial charge on any atom is 0.163 e. The van der Waals surface area contributed by atoms with Crippen molar-refractivity contribution in [2.45, 2.75) is 13.3 Å². The van der Waals surface area contributed by atoms with Crippen molar-refractivity contribution in [3.8, 4) is 0 Å². The summed E-state index contributed by atoms with van der Waals surface area (Å²) in [7, 11) is -1.05. The van der Waals surface area contributed by atoms with E-state index in [1.54, 1.807) is 11.4 Å². The van der Waals surface area contributed by atoms with Crippen molar-refractivity contribution in [3.05, 3.63) is 17.1 Å². The van der Waals surface area contributed by atoms with Crippen LogP contribution in [-0.4, -0.2) is 8.93 Å². The highest BCUT2D eigenvalue weighted by Gasteiger charge is 1.95. The van der Waals surface area contributed by atoms with Crippen LogP contribution in [0.4, 0.5) is 0 Å². The molecule has 0 N–H and O–H groups in total. The monoisotopic (exact) mass is 129 g/mol. The van der Waals surface area contributed by atoms with Gasteiger partial charge in [0.1, 0.15) is 5.69 Å². The number of nitrogens with zero attached hydrogens (tertiary/aromatic N) is 1. The van der Waals surface area contributed by atoms with Crippen LogP contribution >= 0.6 is 10.9 Å². The Hall–Kier alpha value is -0.410. The Labute approximate surface area is 51.1 Å². The maximum absolute atomic E-state index is 10.4. The summed E-state index contributed by atoms with van der Waals surface area (Å²) in [6.45, 7) is 1.99. The minimum Gasteiger partial charge on any atom is -0.569 e. The molecule has 2 nitrogen and oxygen atoms in total. The second-order valence-electron chi connectivity index (χ2n) is 1.52. The average molecular weight is 129 g/mol. The fourth-order valence-electron chi connectivity index (χ4n) is 0.496. The van der Waals surface area contributed by atoms with Crippen molar-refractivity contribution in [1.29, 1.82) is 0 Å². The van der Waals surface area contributed by atoms with E-state index >= 15 is 0 Å². The zero-order valence-corrected chi connectivity index (χ0v) is 5.44. The summed E-state index contributed by atoms with van der Waals surface area (Å²) in [6.07, 6.45) is 0.877. The van der Waals surface area contributed by atoms with Crippen molar-refractivity contribution in [2.75, 3.05) is 0 Å². The highest BCUT2D eigenvalue weighted by molar-refractivity contribution is 7.17. The number of hydrogen-bond donors (Lipinski definition) is 0. The highest BCUT2D eigenvalue weighted by atomic mass is 32.2. The standard InChI is InChI=1S/C5H7NOS/c1-2-5-3-4-8(7)6-5/h3-4H,2H2,1H3. The molecule has 1 rings (SSSR count). The van der Waals surface area contributed by atoms with Crippen LogP contribution in [0.25, 0.3) is 0 Å². The van der Waals surface area contributed by atoms with Crippen molar-refractivity contribution in [2.24, 2.45) is 0 Å². The van der Waals surface area contributed by atoms with Crippen LogP contribution in [0.1, 0.15) is 12.6 Å². The van der Waals surface area contributed by atoms with Crippen LogP contribution in [0.15, 0.2) is 11.4 Å². The van der Waals surface area contributed by atoms with Gasteiger partial charge in [0.25, 0.3) is 0 Å². The summed E-state index contributed by atoms with van der Waals surface area (Å²) >= 11 is 0. The highest BCUT2D eigenvalue weighted by Crippen LogP contribution is 2.08. The Morgan fingerprint density at radius 3 is 2.88 bits per heavy atom. The van der Waals surface area contributed by atoms with Crippen molar-refractivity contribution < 1.29 is 4.55 Å². The topological polar surface area (TPSA) is 36.0 Å². The minimum atomic E-state index is -1.05. The largest absolute Gasteiger partial charge is 0.569 e. The lowest BCUT2D eigenvalue weighted by Crippen LogP contribution is -1.74. The zero-order valence-electron chi connectivity index (χ0n) is 4.63. The summed E-state index contributed by atoms with van der Waals surface area (Å²) < 4.78 is 14.2. The predicted molar refractivity (Wildman–Crippen MR) is 32.3 cm³/mol. The third-order valence-corrected chi connectivity index (χ3v) is 1.73. The Morgan fingerprint density at radius 1 is 1.88 bits per heavy atom. The Balaban J connectivity index is 2.84. The summed E-state index contributed by atoms with van der Waals surface area (Å²) in [5, 5.41) is 1.60. The van der Waals surface area contributed by atoms with Gasteiger partial charge < -0.3 is 4.55 Å². The van der Waals surface area contributed by atoms with Gasteiger partial charge in [-0.15, -0.1) is 0 Å². The fourth-order valence-corrected chi connectivity index (χ4v) is 1.25. The van der Waals surface area contributed by atoms with E-state index in [1.807, 2.05) is 6.92 Å². The first-order chi connectivity index (χ1) is 3.83. The lowest BCUT2D eigenvalue weighted by Gasteiger charge is -1.77.